The molecule has 3 N–H and O–H groups in total. The van der Waals surface area contributed by atoms with Crippen molar-refractivity contribution < 1.29 is 15.3 Å². The Morgan fingerprint density at radius 3 is 2.35 bits per heavy atom. The van der Waals surface area contributed by atoms with E-state index in [-0.39, 0.29) is 23.7 Å². The number of fused-ring (bicyclic) bond motifs is 1. The lowest BCUT2D eigenvalue weighted by molar-refractivity contribution is 0.278. The van der Waals surface area contributed by atoms with E-state index in [1.807, 2.05) is 24.3 Å². The first kappa shape index (κ1) is 12.5. The number of hydrogen-bond donors (Lipinski definition) is 3. The summed E-state index contributed by atoms with van der Waals surface area (Å²) in [4.78, 5) is 4.46. The van der Waals surface area contributed by atoms with Gasteiger partial charge in [0.05, 0.1) is 17.6 Å². The monoisotopic (exact) mass is 270 g/mol. The number of para-hydroxylation sites is 2. The lowest BCUT2D eigenvalue weighted by atomic mass is 10.1. The highest BCUT2D eigenvalue weighted by atomic mass is 16.3. The zero-order valence-corrected chi connectivity index (χ0v) is 10.7. The highest BCUT2D eigenvalue weighted by Crippen LogP contribution is 2.37. The first-order valence-corrected chi connectivity index (χ1v) is 6.30. The van der Waals surface area contributed by atoms with Crippen LogP contribution in [-0.2, 0) is 6.54 Å². The van der Waals surface area contributed by atoms with Crippen molar-refractivity contribution in [2.75, 3.05) is 6.61 Å². The number of benzene rings is 2. The fourth-order valence-electron chi connectivity index (χ4n) is 2.35. The molecule has 0 aliphatic rings. The van der Waals surface area contributed by atoms with E-state index >= 15 is 0 Å². The summed E-state index contributed by atoms with van der Waals surface area (Å²) in [5.74, 6) is 0.356. The van der Waals surface area contributed by atoms with Crippen molar-refractivity contribution in [3.63, 3.8) is 0 Å². The number of aliphatic hydroxyl groups is 1. The van der Waals surface area contributed by atoms with Gasteiger partial charge in [-0.25, -0.2) is 4.98 Å². The van der Waals surface area contributed by atoms with Gasteiger partial charge in [0.1, 0.15) is 22.9 Å². The van der Waals surface area contributed by atoms with Gasteiger partial charge in [0.2, 0.25) is 0 Å². The van der Waals surface area contributed by atoms with Gasteiger partial charge in [-0.2, -0.15) is 0 Å². The summed E-state index contributed by atoms with van der Waals surface area (Å²) in [6, 6.07) is 12.0. The minimum absolute atomic E-state index is 0.0421. The van der Waals surface area contributed by atoms with Crippen LogP contribution in [0, 0.1) is 0 Å². The van der Waals surface area contributed by atoms with Crippen molar-refractivity contribution in [1.82, 2.24) is 9.55 Å². The molecule has 102 valence electrons. The number of imidazole rings is 1. The molecule has 3 aromatic rings. The van der Waals surface area contributed by atoms with Crippen LogP contribution >= 0.6 is 0 Å². The minimum atomic E-state index is -0.0539. The van der Waals surface area contributed by atoms with E-state index < -0.39 is 0 Å². The first-order valence-electron chi connectivity index (χ1n) is 6.30. The van der Waals surface area contributed by atoms with Gasteiger partial charge < -0.3 is 19.9 Å². The number of aliphatic hydroxyl groups excluding tert-OH is 1. The first-order chi connectivity index (χ1) is 9.72. The van der Waals surface area contributed by atoms with Gasteiger partial charge in [-0.05, 0) is 24.3 Å². The molecule has 5 heteroatoms. The Morgan fingerprint density at radius 2 is 1.65 bits per heavy atom. The van der Waals surface area contributed by atoms with Gasteiger partial charge in [-0.1, -0.05) is 18.2 Å². The molecule has 0 fully saturated rings. The molecule has 20 heavy (non-hydrogen) atoms. The van der Waals surface area contributed by atoms with Gasteiger partial charge in [-0.3, -0.25) is 0 Å². The van der Waals surface area contributed by atoms with Crippen LogP contribution in [0.25, 0.3) is 22.4 Å². The molecule has 0 aliphatic carbocycles. The van der Waals surface area contributed by atoms with Crippen LogP contribution in [0.1, 0.15) is 0 Å². The predicted octanol–water partition coefficient (Wildman–Crippen LogP) is 2.11. The lowest BCUT2D eigenvalue weighted by Gasteiger charge is -2.10. The second-order valence-corrected chi connectivity index (χ2v) is 4.47. The number of aromatic hydroxyl groups is 2. The maximum Gasteiger partial charge on any atom is 0.148 e. The van der Waals surface area contributed by atoms with E-state index in [2.05, 4.69) is 4.98 Å². The van der Waals surface area contributed by atoms with Crippen LogP contribution in [0.2, 0.25) is 0 Å². The summed E-state index contributed by atoms with van der Waals surface area (Å²) in [7, 11) is 0. The van der Waals surface area contributed by atoms with Crippen LogP contribution in [0.3, 0.4) is 0 Å². The van der Waals surface area contributed by atoms with E-state index in [0.29, 0.717) is 12.4 Å². The van der Waals surface area contributed by atoms with Crippen molar-refractivity contribution in [3.05, 3.63) is 42.5 Å². The smallest absolute Gasteiger partial charge is 0.148 e. The Hall–Kier alpha value is -2.53. The molecule has 0 atom stereocenters. The fourth-order valence-corrected chi connectivity index (χ4v) is 2.35. The molecule has 1 aromatic heterocycles. The topological polar surface area (TPSA) is 78.5 Å². The summed E-state index contributed by atoms with van der Waals surface area (Å²) in [6.07, 6.45) is 0. The van der Waals surface area contributed by atoms with Crippen molar-refractivity contribution in [2.24, 2.45) is 0 Å². The zero-order chi connectivity index (χ0) is 14.1. The molecule has 0 unspecified atom stereocenters. The fraction of sp³-hybridized carbons (Fsp3) is 0.133. The molecule has 0 saturated heterocycles. The third-order valence-corrected chi connectivity index (χ3v) is 3.22. The predicted molar refractivity (Wildman–Crippen MR) is 75.6 cm³/mol. The van der Waals surface area contributed by atoms with Crippen LogP contribution in [0.15, 0.2) is 42.5 Å². The second kappa shape index (κ2) is 4.86. The summed E-state index contributed by atoms with van der Waals surface area (Å²) in [6.45, 7) is 0.283. The zero-order valence-electron chi connectivity index (χ0n) is 10.7. The number of phenolic OH excluding ortho intramolecular Hbond substituents is 2. The highest BCUT2D eigenvalue weighted by Gasteiger charge is 2.18. The summed E-state index contributed by atoms with van der Waals surface area (Å²) in [5.41, 5.74) is 1.87. The third kappa shape index (κ3) is 1.88. The van der Waals surface area contributed by atoms with Gasteiger partial charge in [0, 0.05) is 6.54 Å². The number of aromatic nitrogens is 2. The van der Waals surface area contributed by atoms with E-state index in [4.69, 9.17) is 0 Å². The molecule has 0 spiro atoms. The van der Waals surface area contributed by atoms with E-state index in [1.54, 1.807) is 10.6 Å². The summed E-state index contributed by atoms with van der Waals surface area (Å²) >= 11 is 0. The standard InChI is InChI=1S/C15H14N2O3/c18-9-8-17-11-5-2-1-4-10(11)16-15(17)14-12(19)6-3-7-13(14)20/h1-7,18-20H,8-9H2. The lowest BCUT2D eigenvalue weighted by Crippen LogP contribution is -2.04. The Labute approximate surface area is 115 Å². The molecule has 3 rings (SSSR count). The Balaban J connectivity index is 2.33. The quantitative estimate of drug-likeness (QED) is 0.681. The normalized spacial score (nSPS) is 11.1. The van der Waals surface area contributed by atoms with Gasteiger partial charge in [0.25, 0.3) is 0 Å². The molecule has 0 amide bonds. The largest absolute Gasteiger partial charge is 0.507 e. The molecular formula is C15H14N2O3. The highest BCUT2D eigenvalue weighted by molar-refractivity contribution is 5.83. The second-order valence-electron chi connectivity index (χ2n) is 4.47. The van der Waals surface area contributed by atoms with Gasteiger partial charge in [0.15, 0.2) is 0 Å². The van der Waals surface area contributed by atoms with Crippen molar-refractivity contribution in [3.8, 4) is 22.9 Å². The average molecular weight is 270 g/mol. The maximum absolute atomic E-state index is 9.99. The Kier molecular flexibility index (Phi) is 3.04. The van der Waals surface area contributed by atoms with E-state index in [1.165, 1.54) is 12.1 Å². The van der Waals surface area contributed by atoms with E-state index in [9.17, 15) is 15.3 Å². The van der Waals surface area contributed by atoms with Crippen molar-refractivity contribution in [2.45, 2.75) is 6.54 Å². The molecule has 2 aromatic carbocycles. The number of hydrogen-bond acceptors (Lipinski definition) is 4. The molecule has 0 aliphatic heterocycles. The summed E-state index contributed by atoms with van der Waals surface area (Å²) < 4.78 is 1.78. The molecule has 5 nitrogen and oxygen atoms in total. The number of phenols is 2. The molecule has 1 heterocycles. The number of nitrogens with zero attached hydrogens (tertiary/aromatic N) is 2. The van der Waals surface area contributed by atoms with E-state index in [0.717, 1.165) is 11.0 Å². The third-order valence-electron chi connectivity index (χ3n) is 3.22. The van der Waals surface area contributed by atoms with Crippen LogP contribution < -0.4 is 0 Å². The molecule has 0 bridgehead atoms. The van der Waals surface area contributed by atoms with Gasteiger partial charge >= 0.3 is 0 Å². The SMILES string of the molecule is OCCn1c(-c2c(O)cccc2O)nc2ccccc21. The Morgan fingerprint density at radius 1 is 0.950 bits per heavy atom. The van der Waals surface area contributed by atoms with Crippen LogP contribution in [0.4, 0.5) is 0 Å². The summed E-state index contributed by atoms with van der Waals surface area (Å²) in [5, 5.41) is 29.2. The molecule has 0 saturated carbocycles. The average Bonchev–Trinajstić information content (AvgIpc) is 2.78. The minimum Gasteiger partial charge on any atom is -0.507 e. The number of rotatable bonds is 3. The Bertz CT molecular complexity index is 745. The molecule has 0 radical (unpaired) electrons. The van der Waals surface area contributed by atoms with Crippen LogP contribution in [0.5, 0.6) is 11.5 Å². The maximum atomic E-state index is 9.99. The van der Waals surface area contributed by atoms with Crippen molar-refractivity contribution >= 4 is 11.0 Å². The van der Waals surface area contributed by atoms with Gasteiger partial charge in [-0.15, -0.1) is 0 Å². The molecular weight excluding hydrogens is 256 g/mol. The van der Waals surface area contributed by atoms with Crippen LogP contribution in [-0.4, -0.2) is 31.5 Å². The van der Waals surface area contributed by atoms with Crippen molar-refractivity contribution in [1.29, 1.82) is 0 Å².